The maximum Gasteiger partial charge on any atom is 0.0991 e. The van der Waals surface area contributed by atoms with E-state index in [1.807, 2.05) is 25.1 Å². The summed E-state index contributed by atoms with van der Waals surface area (Å²) in [6.07, 6.45) is 4.50. The molecule has 2 N–H and O–H groups in total. The standard InChI is InChI=1S/C15H20N2O/c1-12-8-13(9-16)4-5-14(12)10-17-15(11-18)6-2-3-7-15/h4-5,8,17-18H,2-3,6-7,10-11H2,1H3. The van der Waals surface area contributed by atoms with Crippen molar-refractivity contribution in [3.63, 3.8) is 0 Å². The van der Waals surface area contributed by atoms with Gasteiger partial charge in [0.2, 0.25) is 0 Å². The van der Waals surface area contributed by atoms with Gasteiger partial charge in [-0.25, -0.2) is 0 Å². The van der Waals surface area contributed by atoms with E-state index in [0.717, 1.165) is 24.9 Å². The zero-order valence-electron chi connectivity index (χ0n) is 10.9. The smallest absolute Gasteiger partial charge is 0.0991 e. The summed E-state index contributed by atoms with van der Waals surface area (Å²) in [5.41, 5.74) is 2.95. The monoisotopic (exact) mass is 244 g/mol. The third-order valence-electron chi connectivity index (χ3n) is 3.99. The van der Waals surface area contributed by atoms with Crippen molar-refractivity contribution in [1.29, 1.82) is 5.26 Å². The summed E-state index contributed by atoms with van der Waals surface area (Å²) in [5, 5.41) is 21.9. The minimum Gasteiger partial charge on any atom is -0.394 e. The Hall–Kier alpha value is -1.37. The topological polar surface area (TPSA) is 56.0 Å². The molecule has 0 radical (unpaired) electrons. The van der Waals surface area contributed by atoms with Crippen LogP contribution < -0.4 is 5.32 Å². The first-order chi connectivity index (χ1) is 8.69. The van der Waals surface area contributed by atoms with E-state index in [0.29, 0.717) is 5.56 Å². The molecule has 3 nitrogen and oxygen atoms in total. The first-order valence-electron chi connectivity index (χ1n) is 6.55. The zero-order valence-corrected chi connectivity index (χ0v) is 10.9. The molecule has 96 valence electrons. The summed E-state index contributed by atoms with van der Waals surface area (Å²) in [4.78, 5) is 0. The number of nitrogens with zero attached hydrogens (tertiary/aromatic N) is 1. The Balaban J connectivity index is 2.04. The molecule has 0 heterocycles. The number of nitrogens with one attached hydrogen (secondary N) is 1. The van der Waals surface area contributed by atoms with Crippen LogP contribution in [0.2, 0.25) is 0 Å². The number of hydrogen-bond donors (Lipinski definition) is 2. The van der Waals surface area contributed by atoms with Crippen LogP contribution in [0, 0.1) is 18.3 Å². The van der Waals surface area contributed by atoms with Gasteiger partial charge in [0.05, 0.1) is 18.2 Å². The van der Waals surface area contributed by atoms with Crippen molar-refractivity contribution in [3.05, 3.63) is 34.9 Å². The molecular weight excluding hydrogens is 224 g/mol. The Kier molecular flexibility index (Phi) is 4.00. The van der Waals surface area contributed by atoms with Crippen LogP contribution in [0.25, 0.3) is 0 Å². The van der Waals surface area contributed by atoms with E-state index in [-0.39, 0.29) is 12.1 Å². The quantitative estimate of drug-likeness (QED) is 0.854. The van der Waals surface area contributed by atoms with Gasteiger partial charge in [0.25, 0.3) is 0 Å². The van der Waals surface area contributed by atoms with Crippen molar-refractivity contribution in [1.82, 2.24) is 5.32 Å². The van der Waals surface area contributed by atoms with Gasteiger partial charge in [-0.05, 0) is 43.0 Å². The van der Waals surface area contributed by atoms with Gasteiger partial charge in [0, 0.05) is 12.1 Å². The second-order valence-electron chi connectivity index (χ2n) is 5.25. The first-order valence-corrected chi connectivity index (χ1v) is 6.55. The van der Waals surface area contributed by atoms with Gasteiger partial charge in [0.1, 0.15) is 0 Å². The molecule has 0 spiro atoms. The first kappa shape index (κ1) is 13.1. The van der Waals surface area contributed by atoms with Crippen LogP contribution in [0.3, 0.4) is 0 Å². The summed E-state index contributed by atoms with van der Waals surface area (Å²) in [5.74, 6) is 0. The lowest BCUT2D eigenvalue weighted by Gasteiger charge is -2.28. The Bertz CT molecular complexity index is 456. The lowest BCUT2D eigenvalue weighted by atomic mass is 9.97. The number of rotatable bonds is 4. The predicted molar refractivity (Wildman–Crippen MR) is 71.0 cm³/mol. The minimum absolute atomic E-state index is 0.0830. The zero-order chi connectivity index (χ0) is 13.0. The van der Waals surface area contributed by atoms with E-state index < -0.39 is 0 Å². The highest BCUT2D eigenvalue weighted by Gasteiger charge is 2.32. The molecule has 18 heavy (non-hydrogen) atoms. The van der Waals surface area contributed by atoms with Crippen LogP contribution in [0.15, 0.2) is 18.2 Å². The van der Waals surface area contributed by atoms with Crippen molar-refractivity contribution in [3.8, 4) is 6.07 Å². The van der Waals surface area contributed by atoms with Gasteiger partial charge in [0.15, 0.2) is 0 Å². The molecule has 1 saturated carbocycles. The molecule has 0 saturated heterocycles. The van der Waals surface area contributed by atoms with E-state index in [9.17, 15) is 5.11 Å². The lowest BCUT2D eigenvalue weighted by Crippen LogP contribution is -2.45. The maximum absolute atomic E-state index is 9.54. The highest BCUT2D eigenvalue weighted by atomic mass is 16.3. The fourth-order valence-corrected chi connectivity index (χ4v) is 2.69. The van der Waals surface area contributed by atoms with Gasteiger partial charge < -0.3 is 10.4 Å². The molecule has 1 aromatic rings. The summed E-state index contributed by atoms with van der Waals surface area (Å²) in [6.45, 7) is 3.00. The maximum atomic E-state index is 9.54. The number of aliphatic hydroxyl groups excluding tert-OH is 1. The van der Waals surface area contributed by atoms with Crippen LogP contribution in [0.5, 0.6) is 0 Å². The lowest BCUT2D eigenvalue weighted by molar-refractivity contribution is 0.163. The van der Waals surface area contributed by atoms with Crippen LogP contribution in [0.4, 0.5) is 0 Å². The Labute approximate surface area is 108 Å². The predicted octanol–water partition coefficient (Wildman–Crippen LogP) is 2.26. The largest absolute Gasteiger partial charge is 0.394 e. The van der Waals surface area contributed by atoms with E-state index >= 15 is 0 Å². The van der Waals surface area contributed by atoms with E-state index in [4.69, 9.17) is 5.26 Å². The van der Waals surface area contributed by atoms with Crippen molar-refractivity contribution in [2.24, 2.45) is 0 Å². The van der Waals surface area contributed by atoms with Gasteiger partial charge in [-0.2, -0.15) is 5.26 Å². The molecule has 1 aromatic carbocycles. The molecule has 2 rings (SSSR count). The van der Waals surface area contributed by atoms with Gasteiger partial charge in [-0.3, -0.25) is 0 Å². The van der Waals surface area contributed by atoms with Gasteiger partial charge >= 0.3 is 0 Å². The molecule has 0 bridgehead atoms. The molecule has 1 fully saturated rings. The van der Waals surface area contributed by atoms with Gasteiger partial charge in [-0.1, -0.05) is 18.9 Å². The average molecular weight is 244 g/mol. The highest BCUT2D eigenvalue weighted by Crippen LogP contribution is 2.29. The highest BCUT2D eigenvalue weighted by molar-refractivity contribution is 5.37. The van der Waals surface area contributed by atoms with Crippen molar-refractivity contribution < 1.29 is 5.11 Å². The number of nitriles is 1. The molecule has 0 aromatic heterocycles. The summed E-state index contributed by atoms with van der Waals surface area (Å²) in [6, 6.07) is 7.92. The molecular formula is C15H20N2O. The average Bonchev–Trinajstić information content (AvgIpc) is 2.86. The minimum atomic E-state index is -0.0830. The van der Waals surface area contributed by atoms with Crippen molar-refractivity contribution in [2.75, 3.05) is 6.61 Å². The number of benzene rings is 1. The molecule has 0 unspecified atom stereocenters. The second kappa shape index (κ2) is 5.51. The van der Waals surface area contributed by atoms with Crippen LogP contribution in [-0.4, -0.2) is 17.3 Å². The molecule has 0 atom stereocenters. The summed E-state index contributed by atoms with van der Waals surface area (Å²) >= 11 is 0. The summed E-state index contributed by atoms with van der Waals surface area (Å²) in [7, 11) is 0. The number of hydrogen-bond acceptors (Lipinski definition) is 3. The summed E-state index contributed by atoms with van der Waals surface area (Å²) < 4.78 is 0. The van der Waals surface area contributed by atoms with Crippen molar-refractivity contribution >= 4 is 0 Å². The molecule has 0 aliphatic heterocycles. The molecule has 1 aliphatic rings. The molecule has 1 aliphatic carbocycles. The number of aliphatic hydroxyl groups is 1. The Morgan fingerprint density at radius 3 is 2.67 bits per heavy atom. The molecule has 3 heteroatoms. The van der Waals surface area contributed by atoms with Crippen LogP contribution in [0.1, 0.15) is 42.4 Å². The van der Waals surface area contributed by atoms with Gasteiger partial charge in [-0.15, -0.1) is 0 Å². The van der Waals surface area contributed by atoms with Crippen molar-refractivity contribution in [2.45, 2.75) is 44.7 Å². The fraction of sp³-hybridized carbons (Fsp3) is 0.533. The third-order valence-corrected chi connectivity index (χ3v) is 3.99. The van der Waals surface area contributed by atoms with Crippen LogP contribution in [-0.2, 0) is 6.54 Å². The van der Waals surface area contributed by atoms with Crippen LogP contribution >= 0.6 is 0 Å². The Morgan fingerprint density at radius 1 is 1.39 bits per heavy atom. The fourth-order valence-electron chi connectivity index (χ4n) is 2.69. The van der Waals surface area contributed by atoms with E-state index in [2.05, 4.69) is 11.4 Å². The molecule has 0 amide bonds. The third kappa shape index (κ3) is 2.72. The SMILES string of the molecule is Cc1cc(C#N)ccc1CNC1(CO)CCCC1. The normalized spacial score (nSPS) is 17.6. The second-order valence-corrected chi connectivity index (χ2v) is 5.25. The van der Waals surface area contributed by atoms with E-state index in [1.54, 1.807) is 0 Å². The Morgan fingerprint density at radius 2 is 2.11 bits per heavy atom. The van der Waals surface area contributed by atoms with E-state index in [1.165, 1.54) is 18.4 Å². The number of aryl methyl sites for hydroxylation is 1.